The van der Waals surface area contributed by atoms with Crippen LogP contribution in [-0.2, 0) is 4.79 Å². The van der Waals surface area contributed by atoms with Crippen molar-refractivity contribution in [1.29, 1.82) is 0 Å². The maximum Gasteiger partial charge on any atom is 0.255 e. The number of hydrogen-bond acceptors (Lipinski definition) is 2. The van der Waals surface area contributed by atoms with Gasteiger partial charge in [0.25, 0.3) is 6.43 Å². The lowest BCUT2D eigenvalue weighted by atomic mass is 9.81. The van der Waals surface area contributed by atoms with E-state index in [-0.39, 0.29) is 5.91 Å². The van der Waals surface area contributed by atoms with Gasteiger partial charge in [-0.05, 0) is 19.4 Å². The van der Waals surface area contributed by atoms with Crippen LogP contribution < -0.4 is 10.6 Å². The summed E-state index contributed by atoms with van der Waals surface area (Å²) in [6.07, 6.45) is -0.0728. The van der Waals surface area contributed by atoms with Crippen LogP contribution in [0, 0.1) is 5.41 Å². The zero-order chi connectivity index (χ0) is 11.3. The molecule has 1 unspecified atom stereocenters. The minimum absolute atomic E-state index is 0.227. The van der Waals surface area contributed by atoms with Gasteiger partial charge in [-0.3, -0.25) is 4.79 Å². The molecule has 0 saturated carbocycles. The van der Waals surface area contributed by atoms with Gasteiger partial charge in [0.05, 0.1) is 12.0 Å². The van der Waals surface area contributed by atoms with Gasteiger partial charge >= 0.3 is 0 Å². The molecule has 1 aliphatic heterocycles. The molecule has 1 fully saturated rings. The third-order valence-electron chi connectivity index (χ3n) is 2.87. The number of nitrogens with one attached hydrogen (secondary N) is 2. The van der Waals surface area contributed by atoms with Crippen molar-refractivity contribution in [3.05, 3.63) is 0 Å². The average Bonchev–Trinajstić information content (AvgIpc) is 2.64. The van der Waals surface area contributed by atoms with E-state index in [1.165, 1.54) is 0 Å². The molecule has 5 heteroatoms. The second kappa shape index (κ2) is 5.39. The molecule has 0 bridgehead atoms. The predicted molar refractivity (Wildman–Crippen MR) is 53.8 cm³/mol. The topological polar surface area (TPSA) is 41.1 Å². The lowest BCUT2D eigenvalue weighted by Gasteiger charge is -2.26. The molecule has 15 heavy (non-hydrogen) atoms. The highest BCUT2D eigenvalue weighted by atomic mass is 19.3. The Morgan fingerprint density at radius 3 is 2.80 bits per heavy atom. The Morgan fingerprint density at radius 2 is 2.33 bits per heavy atom. The third kappa shape index (κ3) is 3.12. The zero-order valence-electron chi connectivity index (χ0n) is 8.98. The minimum Gasteiger partial charge on any atom is -0.350 e. The van der Waals surface area contributed by atoms with Gasteiger partial charge < -0.3 is 10.6 Å². The normalized spacial score (nSPS) is 25.9. The molecular formula is C10H18F2N2O. The van der Waals surface area contributed by atoms with Crippen LogP contribution >= 0.6 is 0 Å². The molecule has 3 nitrogen and oxygen atoms in total. The molecule has 0 spiro atoms. The largest absolute Gasteiger partial charge is 0.350 e. The van der Waals surface area contributed by atoms with E-state index in [1.807, 2.05) is 6.92 Å². The molecule has 0 radical (unpaired) electrons. The number of halogens is 2. The molecule has 1 atom stereocenters. The van der Waals surface area contributed by atoms with Crippen LogP contribution in [0.3, 0.4) is 0 Å². The van der Waals surface area contributed by atoms with Gasteiger partial charge in [0.2, 0.25) is 5.91 Å². The van der Waals surface area contributed by atoms with Crippen molar-refractivity contribution in [2.45, 2.75) is 32.6 Å². The van der Waals surface area contributed by atoms with Gasteiger partial charge in [0, 0.05) is 6.54 Å². The van der Waals surface area contributed by atoms with Crippen molar-refractivity contribution in [1.82, 2.24) is 10.6 Å². The number of alkyl halides is 2. The van der Waals surface area contributed by atoms with E-state index in [9.17, 15) is 13.6 Å². The van der Waals surface area contributed by atoms with Crippen LogP contribution in [-0.4, -0.2) is 32.0 Å². The Kier molecular flexibility index (Phi) is 4.45. The van der Waals surface area contributed by atoms with Crippen molar-refractivity contribution in [2.75, 3.05) is 19.6 Å². The monoisotopic (exact) mass is 220 g/mol. The fraction of sp³-hybridized carbons (Fsp3) is 0.900. The molecule has 0 aromatic heterocycles. The van der Waals surface area contributed by atoms with Crippen molar-refractivity contribution < 1.29 is 13.6 Å². The van der Waals surface area contributed by atoms with Gasteiger partial charge in [-0.25, -0.2) is 8.78 Å². The smallest absolute Gasteiger partial charge is 0.255 e. The highest BCUT2D eigenvalue weighted by molar-refractivity contribution is 5.83. The summed E-state index contributed by atoms with van der Waals surface area (Å²) in [6, 6.07) is 0. The summed E-state index contributed by atoms with van der Waals surface area (Å²) >= 11 is 0. The summed E-state index contributed by atoms with van der Waals surface area (Å²) in [6.45, 7) is 2.86. The molecule has 1 heterocycles. The van der Waals surface area contributed by atoms with Crippen LogP contribution in [0.2, 0.25) is 0 Å². The van der Waals surface area contributed by atoms with E-state index in [2.05, 4.69) is 10.6 Å². The van der Waals surface area contributed by atoms with Gasteiger partial charge in [0.15, 0.2) is 0 Å². The van der Waals surface area contributed by atoms with E-state index in [1.54, 1.807) is 0 Å². The zero-order valence-corrected chi connectivity index (χ0v) is 8.98. The van der Waals surface area contributed by atoms with Gasteiger partial charge in [-0.1, -0.05) is 13.3 Å². The van der Waals surface area contributed by atoms with Gasteiger partial charge in [0.1, 0.15) is 0 Å². The average molecular weight is 220 g/mol. The first kappa shape index (κ1) is 12.4. The standard InChI is InChI=1S/C10H18F2N2O/c1-2-3-10(4-5-13-7-10)9(15)14-6-8(11)12/h8,13H,2-7H2,1H3,(H,14,15). The van der Waals surface area contributed by atoms with E-state index in [0.717, 1.165) is 25.8 Å². The summed E-state index contributed by atoms with van der Waals surface area (Å²) in [7, 11) is 0. The fourth-order valence-electron chi connectivity index (χ4n) is 2.10. The molecule has 2 N–H and O–H groups in total. The Morgan fingerprint density at radius 1 is 1.60 bits per heavy atom. The van der Waals surface area contributed by atoms with Crippen LogP contribution in [0.25, 0.3) is 0 Å². The summed E-state index contributed by atoms with van der Waals surface area (Å²) in [5.74, 6) is -0.227. The van der Waals surface area contributed by atoms with Crippen LogP contribution in [0.1, 0.15) is 26.2 Å². The number of rotatable bonds is 5. The Balaban J connectivity index is 2.51. The molecule has 1 amide bonds. The van der Waals surface area contributed by atoms with Gasteiger partial charge in [-0.2, -0.15) is 0 Å². The molecule has 0 aliphatic carbocycles. The predicted octanol–water partition coefficient (Wildman–Crippen LogP) is 1.15. The fourth-order valence-corrected chi connectivity index (χ4v) is 2.10. The lowest BCUT2D eigenvalue weighted by Crippen LogP contribution is -2.44. The van der Waals surface area contributed by atoms with Crippen molar-refractivity contribution in [2.24, 2.45) is 5.41 Å². The van der Waals surface area contributed by atoms with Crippen LogP contribution in [0.5, 0.6) is 0 Å². The number of carbonyl (C=O) groups is 1. The maximum absolute atomic E-state index is 12.0. The third-order valence-corrected chi connectivity index (χ3v) is 2.87. The quantitative estimate of drug-likeness (QED) is 0.729. The SMILES string of the molecule is CCCC1(C(=O)NCC(F)F)CCNC1. The highest BCUT2D eigenvalue weighted by Gasteiger charge is 2.40. The second-order valence-electron chi connectivity index (χ2n) is 4.06. The summed E-state index contributed by atoms with van der Waals surface area (Å²) < 4.78 is 23.9. The van der Waals surface area contributed by atoms with Crippen molar-refractivity contribution in [3.8, 4) is 0 Å². The summed E-state index contributed by atoms with van der Waals surface area (Å²) in [4.78, 5) is 11.8. The van der Waals surface area contributed by atoms with E-state index in [4.69, 9.17) is 0 Å². The molecule has 0 aromatic rings. The summed E-state index contributed by atoms with van der Waals surface area (Å²) in [5, 5.41) is 5.44. The second-order valence-corrected chi connectivity index (χ2v) is 4.06. The first-order valence-corrected chi connectivity index (χ1v) is 5.38. The Bertz CT molecular complexity index is 215. The van der Waals surface area contributed by atoms with Crippen LogP contribution in [0.15, 0.2) is 0 Å². The molecular weight excluding hydrogens is 202 g/mol. The number of amides is 1. The molecule has 1 saturated heterocycles. The lowest BCUT2D eigenvalue weighted by molar-refractivity contribution is -0.131. The first-order valence-electron chi connectivity index (χ1n) is 5.38. The Labute approximate surface area is 88.6 Å². The van der Waals surface area contributed by atoms with Crippen LogP contribution in [0.4, 0.5) is 8.78 Å². The van der Waals surface area contributed by atoms with E-state index in [0.29, 0.717) is 6.54 Å². The summed E-state index contributed by atoms with van der Waals surface area (Å²) in [5.41, 5.74) is -0.455. The molecule has 1 aliphatic rings. The van der Waals surface area contributed by atoms with Crippen molar-refractivity contribution >= 4 is 5.91 Å². The molecule has 88 valence electrons. The molecule has 0 aromatic carbocycles. The number of hydrogen-bond donors (Lipinski definition) is 2. The van der Waals surface area contributed by atoms with Crippen molar-refractivity contribution in [3.63, 3.8) is 0 Å². The number of carbonyl (C=O) groups excluding carboxylic acids is 1. The van der Waals surface area contributed by atoms with E-state index < -0.39 is 18.4 Å². The van der Waals surface area contributed by atoms with E-state index >= 15 is 0 Å². The minimum atomic E-state index is -2.47. The van der Waals surface area contributed by atoms with Gasteiger partial charge in [-0.15, -0.1) is 0 Å². The first-order chi connectivity index (χ1) is 7.10. The maximum atomic E-state index is 12.0. The Hall–Kier alpha value is -0.710. The molecule has 1 rings (SSSR count). The highest BCUT2D eigenvalue weighted by Crippen LogP contribution is 2.31.